The van der Waals surface area contributed by atoms with Crippen LogP contribution in [0.15, 0.2) is 36.0 Å². The maximum atomic E-state index is 4.03. The molecule has 72 valence electrons. The smallest absolute Gasteiger partial charge is 0.00230 e. The van der Waals surface area contributed by atoms with E-state index < -0.39 is 0 Å². The van der Waals surface area contributed by atoms with E-state index in [1.54, 1.807) is 0 Å². The van der Waals surface area contributed by atoms with Crippen molar-refractivity contribution in [3.05, 3.63) is 36.0 Å². The number of hydrogen-bond donors (Lipinski definition) is 0. The minimum atomic E-state index is 0.583. The maximum absolute atomic E-state index is 4.03. The zero-order valence-corrected chi connectivity index (χ0v) is 9.01. The van der Waals surface area contributed by atoms with Crippen molar-refractivity contribution < 1.29 is 0 Å². The highest BCUT2D eigenvalue weighted by atomic mass is 14.2. The van der Waals surface area contributed by atoms with E-state index in [4.69, 9.17) is 0 Å². The molecule has 0 radical (unpaired) electrons. The fourth-order valence-corrected chi connectivity index (χ4v) is 1.93. The van der Waals surface area contributed by atoms with E-state index in [0.717, 1.165) is 5.92 Å². The quantitative estimate of drug-likeness (QED) is 0.527. The summed E-state index contributed by atoms with van der Waals surface area (Å²) in [6.07, 6.45) is 9.17. The molecule has 0 aliphatic heterocycles. The third-order valence-corrected chi connectivity index (χ3v) is 2.68. The molecule has 0 saturated carbocycles. The van der Waals surface area contributed by atoms with Gasteiger partial charge < -0.3 is 0 Å². The summed E-state index contributed by atoms with van der Waals surface area (Å²) in [4.78, 5) is 0. The molecule has 0 aromatic carbocycles. The van der Waals surface area contributed by atoms with Crippen LogP contribution in [0, 0.1) is 11.8 Å². The molecule has 0 bridgehead atoms. The Balaban J connectivity index is 2.75. The van der Waals surface area contributed by atoms with Crippen molar-refractivity contribution in [1.29, 1.82) is 0 Å². The molecular weight excluding hydrogens is 156 g/mol. The van der Waals surface area contributed by atoms with Crippen molar-refractivity contribution in [1.82, 2.24) is 0 Å². The lowest BCUT2D eigenvalue weighted by Crippen LogP contribution is -2.07. The van der Waals surface area contributed by atoms with Gasteiger partial charge in [0, 0.05) is 0 Å². The van der Waals surface area contributed by atoms with Crippen molar-refractivity contribution in [2.24, 2.45) is 11.8 Å². The second kappa shape index (κ2) is 4.45. The molecule has 1 rings (SSSR count). The summed E-state index contributed by atoms with van der Waals surface area (Å²) in [6.45, 7) is 10.7. The molecule has 13 heavy (non-hydrogen) atoms. The van der Waals surface area contributed by atoms with Gasteiger partial charge in [0.05, 0.1) is 0 Å². The molecule has 0 aromatic rings. The molecule has 0 aromatic heterocycles. The summed E-state index contributed by atoms with van der Waals surface area (Å²) in [7, 11) is 0. The van der Waals surface area contributed by atoms with E-state index in [9.17, 15) is 0 Å². The third kappa shape index (κ3) is 3.22. The summed E-state index contributed by atoms with van der Waals surface area (Å²) in [5, 5.41) is 0. The number of hydrogen-bond acceptors (Lipinski definition) is 0. The highest BCUT2D eigenvalue weighted by Crippen LogP contribution is 2.26. The second-order valence-electron chi connectivity index (χ2n) is 4.40. The van der Waals surface area contributed by atoms with Crippen LogP contribution in [0.2, 0.25) is 0 Å². The van der Waals surface area contributed by atoms with Gasteiger partial charge in [-0.05, 0) is 38.5 Å². The lowest BCUT2D eigenvalue weighted by atomic mass is 9.85. The van der Waals surface area contributed by atoms with Crippen LogP contribution in [0.4, 0.5) is 0 Å². The van der Waals surface area contributed by atoms with E-state index in [1.807, 2.05) is 0 Å². The highest BCUT2D eigenvalue weighted by Gasteiger charge is 2.12. The Hall–Kier alpha value is -0.780. The van der Waals surface area contributed by atoms with Gasteiger partial charge >= 0.3 is 0 Å². The minimum Gasteiger partial charge on any atom is -0.0995 e. The van der Waals surface area contributed by atoms with Crippen molar-refractivity contribution in [3.8, 4) is 0 Å². The van der Waals surface area contributed by atoms with Gasteiger partial charge in [-0.15, -0.1) is 0 Å². The first-order chi connectivity index (χ1) is 6.09. The van der Waals surface area contributed by atoms with Crippen LogP contribution in [-0.4, -0.2) is 0 Å². The second-order valence-corrected chi connectivity index (χ2v) is 4.40. The fourth-order valence-electron chi connectivity index (χ4n) is 1.93. The molecule has 0 nitrogen and oxygen atoms in total. The average Bonchev–Trinajstić information content (AvgIpc) is 1.98. The molecule has 0 heteroatoms. The van der Waals surface area contributed by atoms with Gasteiger partial charge in [-0.2, -0.15) is 0 Å². The maximum Gasteiger partial charge on any atom is -0.00230 e. The average molecular weight is 176 g/mol. The predicted molar refractivity (Wildman–Crippen MR) is 59.6 cm³/mol. The lowest BCUT2D eigenvalue weighted by molar-refractivity contribution is 0.473. The van der Waals surface area contributed by atoms with Gasteiger partial charge in [0.25, 0.3) is 0 Å². The van der Waals surface area contributed by atoms with E-state index in [2.05, 4.69) is 45.6 Å². The van der Waals surface area contributed by atoms with Crippen molar-refractivity contribution in [2.45, 2.75) is 33.6 Å². The van der Waals surface area contributed by atoms with Crippen LogP contribution >= 0.6 is 0 Å². The molecule has 1 aliphatic rings. The number of rotatable bonds is 1. The van der Waals surface area contributed by atoms with Crippen LogP contribution in [0.1, 0.15) is 33.6 Å². The monoisotopic (exact) mass is 176 g/mol. The molecule has 0 amide bonds. The van der Waals surface area contributed by atoms with Crippen LogP contribution in [0.5, 0.6) is 0 Å². The zero-order valence-electron chi connectivity index (χ0n) is 9.01. The zero-order chi connectivity index (χ0) is 9.84. The Morgan fingerprint density at radius 1 is 1.54 bits per heavy atom. The van der Waals surface area contributed by atoms with Crippen molar-refractivity contribution in [2.75, 3.05) is 0 Å². The fraction of sp³-hybridized carbons (Fsp3) is 0.538. The minimum absolute atomic E-state index is 0.583. The van der Waals surface area contributed by atoms with E-state index in [-0.39, 0.29) is 0 Å². The van der Waals surface area contributed by atoms with E-state index >= 15 is 0 Å². The Kier molecular flexibility index (Phi) is 3.53. The van der Waals surface area contributed by atoms with E-state index in [0.29, 0.717) is 5.92 Å². The Morgan fingerprint density at radius 2 is 2.23 bits per heavy atom. The Labute approximate surface area is 82.0 Å². The number of allylic oxidation sites excluding steroid dienone is 5. The summed E-state index contributed by atoms with van der Waals surface area (Å²) in [5.41, 5.74) is 2.78. The lowest BCUT2D eigenvalue weighted by Gasteiger charge is -2.20. The Bertz CT molecular complexity index is 243. The molecule has 0 heterocycles. The summed E-state index contributed by atoms with van der Waals surface area (Å²) in [5.74, 6) is 1.36. The molecule has 2 atom stereocenters. The van der Waals surface area contributed by atoms with Gasteiger partial charge in [-0.25, -0.2) is 0 Å². The van der Waals surface area contributed by atoms with Gasteiger partial charge in [0.15, 0.2) is 0 Å². The molecule has 0 spiro atoms. The van der Waals surface area contributed by atoms with Crippen molar-refractivity contribution in [3.63, 3.8) is 0 Å². The first-order valence-corrected chi connectivity index (χ1v) is 5.09. The van der Waals surface area contributed by atoms with Crippen LogP contribution in [0.25, 0.3) is 0 Å². The summed E-state index contributed by atoms with van der Waals surface area (Å²) < 4.78 is 0. The van der Waals surface area contributed by atoms with Crippen LogP contribution < -0.4 is 0 Å². The summed E-state index contributed by atoms with van der Waals surface area (Å²) >= 11 is 0. The molecule has 0 N–H and O–H groups in total. The summed E-state index contributed by atoms with van der Waals surface area (Å²) in [6, 6.07) is 0. The first-order valence-electron chi connectivity index (χ1n) is 5.09. The SMILES string of the molecule is C=C(C)C1C=CC=C(C)CC(C)C1. The molecule has 0 fully saturated rings. The highest BCUT2D eigenvalue weighted by molar-refractivity contribution is 5.18. The van der Waals surface area contributed by atoms with Crippen LogP contribution in [-0.2, 0) is 0 Å². The topological polar surface area (TPSA) is 0 Å². The van der Waals surface area contributed by atoms with Gasteiger partial charge in [0.2, 0.25) is 0 Å². The molecule has 1 aliphatic carbocycles. The van der Waals surface area contributed by atoms with Gasteiger partial charge in [-0.1, -0.05) is 42.9 Å². The molecular formula is C13H20. The standard InChI is InChI=1S/C13H20/c1-10(2)13-7-5-6-11(3)8-12(4)9-13/h5-7,12-13H,1,8-9H2,2-4H3. The van der Waals surface area contributed by atoms with Gasteiger partial charge in [0.1, 0.15) is 0 Å². The molecule has 0 saturated heterocycles. The molecule has 2 unspecified atom stereocenters. The van der Waals surface area contributed by atoms with Crippen LogP contribution in [0.3, 0.4) is 0 Å². The van der Waals surface area contributed by atoms with E-state index in [1.165, 1.54) is 24.0 Å². The van der Waals surface area contributed by atoms with Crippen molar-refractivity contribution >= 4 is 0 Å². The third-order valence-electron chi connectivity index (χ3n) is 2.68. The first kappa shape index (κ1) is 10.3. The normalized spacial score (nSPS) is 29.0. The van der Waals surface area contributed by atoms with Gasteiger partial charge in [-0.3, -0.25) is 0 Å². The Morgan fingerprint density at radius 3 is 2.85 bits per heavy atom. The largest absolute Gasteiger partial charge is 0.0995 e. The predicted octanol–water partition coefficient (Wildman–Crippen LogP) is 4.11.